The Morgan fingerprint density at radius 3 is 0.910 bits per heavy atom. The van der Waals surface area contributed by atoms with Crippen LogP contribution in [0.25, 0.3) is 0 Å². The lowest BCUT2D eigenvalue weighted by atomic mass is 10.0. The lowest BCUT2D eigenvalue weighted by Crippen LogP contribution is -2.27. The molecule has 0 radical (unpaired) electrons. The van der Waals surface area contributed by atoms with Crippen LogP contribution in [0.1, 0.15) is 271 Å². The predicted molar refractivity (Wildman–Crippen MR) is 289 cm³/mol. The highest BCUT2D eigenvalue weighted by Crippen LogP contribution is 2.19. The van der Waals surface area contributed by atoms with Gasteiger partial charge in [0.25, 0.3) is 0 Å². The summed E-state index contributed by atoms with van der Waals surface area (Å²) in [6.45, 7) is 14.5. The molecule has 0 aromatic carbocycles. The monoisotopic (exact) mass is 971 g/mol. The van der Waals surface area contributed by atoms with E-state index in [1.807, 2.05) is 0 Å². The van der Waals surface area contributed by atoms with E-state index in [-0.39, 0.29) is 0 Å². The Bertz CT molecular complexity index is 1090. The van der Waals surface area contributed by atoms with Crippen LogP contribution in [0.3, 0.4) is 0 Å². The minimum Gasteiger partial charge on any atom is -0.396 e. The number of nitrogens with one attached hydrogen (secondary N) is 2. The minimum atomic E-state index is -4.67. The first kappa shape index (κ1) is 65.8. The summed E-state index contributed by atoms with van der Waals surface area (Å²) < 4.78 is 31.6. The molecule has 0 amide bonds. The van der Waals surface area contributed by atoms with E-state index in [0.29, 0.717) is 13.2 Å². The third-order valence-electron chi connectivity index (χ3n) is 13.5. The molecular formula is C56H114N4O6S. The van der Waals surface area contributed by atoms with Gasteiger partial charge in [0, 0.05) is 39.4 Å². The molecule has 0 spiro atoms. The minimum absolute atomic E-state index is 0.292. The molecule has 0 aromatic heterocycles. The number of nitrogens with zero attached hydrogens (tertiary/aromatic N) is 2. The molecule has 2 aliphatic rings. The van der Waals surface area contributed by atoms with Crippen LogP contribution in [0.4, 0.5) is 0 Å². The molecule has 67 heavy (non-hydrogen) atoms. The highest BCUT2D eigenvalue weighted by atomic mass is 32.3. The van der Waals surface area contributed by atoms with E-state index < -0.39 is 10.4 Å². The Morgan fingerprint density at radius 1 is 0.418 bits per heavy atom. The first-order valence-electron chi connectivity index (χ1n) is 28.9. The maximum Gasteiger partial charge on any atom is 0.394 e. The smallest absolute Gasteiger partial charge is 0.394 e. The number of hydrogen-bond donors (Lipinski definition) is 6. The molecule has 0 saturated carbocycles. The summed E-state index contributed by atoms with van der Waals surface area (Å²) in [5.41, 5.74) is 2.85. The lowest BCUT2D eigenvalue weighted by Gasteiger charge is -2.26. The molecule has 0 bridgehead atoms. The summed E-state index contributed by atoms with van der Waals surface area (Å²) in [6, 6.07) is 0. The van der Waals surface area contributed by atoms with Crippen molar-refractivity contribution in [1.82, 2.24) is 20.4 Å². The van der Waals surface area contributed by atoms with Crippen molar-refractivity contribution < 1.29 is 27.7 Å². The van der Waals surface area contributed by atoms with E-state index in [1.54, 1.807) is 0 Å². The van der Waals surface area contributed by atoms with E-state index in [1.165, 1.54) is 281 Å². The summed E-state index contributed by atoms with van der Waals surface area (Å²) in [7, 11) is -4.67. The third kappa shape index (κ3) is 54.0. The van der Waals surface area contributed by atoms with Gasteiger partial charge in [-0.2, -0.15) is 8.42 Å². The van der Waals surface area contributed by atoms with Gasteiger partial charge in [0.05, 0.1) is 0 Å². The van der Waals surface area contributed by atoms with Gasteiger partial charge in [0.1, 0.15) is 0 Å². The molecule has 0 aromatic rings. The van der Waals surface area contributed by atoms with Crippen molar-refractivity contribution in [2.75, 3.05) is 65.6 Å². The fraction of sp³-hybridized carbons (Fsp3) is 0.929. The second-order valence-corrected chi connectivity index (χ2v) is 21.0. The van der Waals surface area contributed by atoms with Gasteiger partial charge in [0.15, 0.2) is 0 Å². The standard InChI is InChI=1S/2C28H56N2O.H2O4S/c2*1-2-3-4-5-6-7-8-9-10-11-12-13-14-15-16-17-22-29-23-19-25-30-24-18-20-28(27-30)21-26-31;1-5(2,3)4/h2*27,29,31H,2-26H2,1H3;(H2,1,2,3,4). The van der Waals surface area contributed by atoms with Crippen molar-refractivity contribution in [2.24, 2.45) is 0 Å². The Kier molecular flexibility index (Phi) is 51.7. The van der Waals surface area contributed by atoms with E-state index in [2.05, 4.69) is 46.7 Å². The summed E-state index contributed by atoms with van der Waals surface area (Å²) >= 11 is 0. The number of unbranched alkanes of at least 4 members (excludes halogenated alkanes) is 30. The summed E-state index contributed by atoms with van der Waals surface area (Å²) in [5.74, 6) is 0. The van der Waals surface area contributed by atoms with Gasteiger partial charge in [0.2, 0.25) is 0 Å². The van der Waals surface area contributed by atoms with E-state index in [0.717, 1.165) is 39.0 Å². The van der Waals surface area contributed by atoms with Crippen LogP contribution in [0.2, 0.25) is 0 Å². The van der Waals surface area contributed by atoms with E-state index in [9.17, 15) is 0 Å². The van der Waals surface area contributed by atoms with Crippen molar-refractivity contribution in [2.45, 2.75) is 271 Å². The van der Waals surface area contributed by atoms with Crippen LogP contribution in [0.15, 0.2) is 23.5 Å². The van der Waals surface area contributed by atoms with Crippen LogP contribution in [0.5, 0.6) is 0 Å². The molecule has 0 atom stereocenters. The van der Waals surface area contributed by atoms with Crippen molar-refractivity contribution in [1.29, 1.82) is 0 Å². The van der Waals surface area contributed by atoms with Crippen LogP contribution < -0.4 is 10.6 Å². The van der Waals surface area contributed by atoms with Gasteiger partial charge in [-0.05, 0) is 103 Å². The number of hydrogen-bond acceptors (Lipinski definition) is 8. The number of rotatable bonds is 46. The normalized spacial score (nSPS) is 14.1. The van der Waals surface area contributed by atoms with Crippen LogP contribution in [-0.2, 0) is 10.4 Å². The average Bonchev–Trinajstić information content (AvgIpc) is 3.30. The molecule has 10 nitrogen and oxygen atoms in total. The Hall–Kier alpha value is -1.21. The summed E-state index contributed by atoms with van der Waals surface area (Å²) in [6.07, 6.45) is 59.7. The molecule has 0 saturated heterocycles. The van der Waals surface area contributed by atoms with E-state index >= 15 is 0 Å². The zero-order valence-electron chi connectivity index (χ0n) is 44.4. The van der Waals surface area contributed by atoms with Crippen molar-refractivity contribution >= 4 is 10.4 Å². The first-order valence-corrected chi connectivity index (χ1v) is 30.3. The Morgan fingerprint density at radius 2 is 0.657 bits per heavy atom. The zero-order valence-corrected chi connectivity index (χ0v) is 45.2. The third-order valence-corrected chi connectivity index (χ3v) is 13.5. The molecule has 2 aliphatic heterocycles. The lowest BCUT2D eigenvalue weighted by molar-refractivity contribution is 0.287. The van der Waals surface area contributed by atoms with Gasteiger partial charge >= 0.3 is 10.4 Å². The molecule has 6 N–H and O–H groups in total. The van der Waals surface area contributed by atoms with Crippen molar-refractivity contribution in [3.63, 3.8) is 0 Å². The Balaban J connectivity index is 0.00000118. The second kappa shape index (κ2) is 52.6. The molecule has 400 valence electrons. The molecule has 0 unspecified atom stereocenters. The highest BCUT2D eigenvalue weighted by molar-refractivity contribution is 7.79. The van der Waals surface area contributed by atoms with Crippen LogP contribution in [-0.4, -0.2) is 103 Å². The highest BCUT2D eigenvalue weighted by Gasteiger charge is 2.10. The number of aliphatic hydroxyl groups excluding tert-OH is 2. The molecule has 0 fully saturated rings. The number of aliphatic hydroxyl groups is 2. The predicted octanol–water partition coefficient (Wildman–Crippen LogP) is 14.5. The maximum atomic E-state index is 9.09. The van der Waals surface area contributed by atoms with Gasteiger partial charge in [-0.15, -0.1) is 0 Å². The molecular weight excluding hydrogens is 857 g/mol. The summed E-state index contributed by atoms with van der Waals surface area (Å²) in [4.78, 5) is 4.90. The largest absolute Gasteiger partial charge is 0.396 e. The second-order valence-electron chi connectivity index (χ2n) is 20.1. The maximum absolute atomic E-state index is 9.09. The first-order chi connectivity index (χ1) is 32.7. The van der Waals surface area contributed by atoms with Crippen molar-refractivity contribution in [3.8, 4) is 0 Å². The van der Waals surface area contributed by atoms with Gasteiger partial charge in [-0.3, -0.25) is 9.11 Å². The zero-order chi connectivity index (χ0) is 49.0. The topological polar surface area (TPSA) is 146 Å². The molecule has 11 heteroatoms. The quantitative estimate of drug-likeness (QED) is 0.0258. The average molecular weight is 972 g/mol. The van der Waals surface area contributed by atoms with Gasteiger partial charge in [-0.25, -0.2) is 0 Å². The van der Waals surface area contributed by atoms with Crippen molar-refractivity contribution in [3.05, 3.63) is 23.5 Å². The fourth-order valence-corrected chi connectivity index (χ4v) is 9.47. The molecule has 2 heterocycles. The van der Waals surface area contributed by atoms with Crippen LogP contribution >= 0.6 is 0 Å². The fourth-order valence-electron chi connectivity index (χ4n) is 9.47. The van der Waals surface area contributed by atoms with Gasteiger partial charge < -0.3 is 30.6 Å². The van der Waals surface area contributed by atoms with Gasteiger partial charge in [-0.1, -0.05) is 218 Å². The summed E-state index contributed by atoms with van der Waals surface area (Å²) in [5, 5.41) is 25.4. The SMILES string of the molecule is CCCCCCCCCCCCCCCCCCNCCCN1C=C(CCO)CCC1.CCCCCCCCCCCCCCCCCCNCCCN1C=C(CCO)CCC1.O=S(=O)(O)O. The Labute approximate surface area is 416 Å². The molecule has 2 rings (SSSR count). The van der Waals surface area contributed by atoms with Crippen LogP contribution in [0, 0.1) is 0 Å². The molecule has 0 aliphatic carbocycles. The van der Waals surface area contributed by atoms with E-state index in [4.69, 9.17) is 27.7 Å².